The van der Waals surface area contributed by atoms with Crippen LogP contribution in [0.1, 0.15) is 35.0 Å². The van der Waals surface area contributed by atoms with Gasteiger partial charge in [-0.25, -0.2) is 9.67 Å². The Labute approximate surface area is 178 Å². The van der Waals surface area contributed by atoms with Crippen LogP contribution in [-0.4, -0.2) is 56.3 Å². The number of carbonyl (C=O) groups is 2. The maximum atomic E-state index is 11.8. The van der Waals surface area contributed by atoms with Gasteiger partial charge in [0, 0.05) is 31.8 Å². The Hall–Kier alpha value is -4.21. The zero-order chi connectivity index (χ0) is 22.6. The number of amides is 2. The highest BCUT2D eigenvalue weighted by molar-refractivity contribution is 6.03. The number of hydrogen-bond acceptors (Lipinski definition) is 6. The minimum atomic E-state index is -1.33. The van der Waals surface area contributed by atoms with Crippen molar-refractivity contribution < 1.29 is 14.7 Å². The molecule has 3 rings (SSSR count). The van der Waals surface area contributed by atoms with Gasteiger partial charge in [0.1, 0.15) is 5.60 Å². The summed E-state index contributed by atoms with van der Waals surface area (Å²) in [6.07, 6.45) is 2.50. The number of primary amides is 1. The maximum Gasteiger partial charge on any atom is 0.269 e. The summed E-state index contributed by atoms with van der Waals surface area (Å²) in [6.45, 7) is 1.90. The van der Waals surface area contributed by atoms with Crippen molar-refractivity contribution in [2.75, 3.05) is 13.6 Å². The molecule has 1 atom stereocenters. The van der Waals surface area contributed by atoms with Gasteiger partial charge in [-0.05, 0) is 37.3 Å². The summed E-state index contributed by atoms with van der Waals surface area (Å²) in [5, 5.41) is 24.7. The molecule has 3 N–H and O–H groups in total. The zero-order valence-electron chi connectivity index (χ0n) is 17.0. The van der Waals surface area contributed by atoms with Gasteiger partial charge in [0.15, 0.2) is 11.3 Å². The lowest BCUT2D eigenvalue weighted by Crippen LogP contribution is -2.29. The van der Waals surface area contributed by atoms with Crippen LogP contribution in [0.2, 0.25) is 0 Å². The first-order valence-electron chi connectivity index (χ1n) is 9.34. The van der Waals surface area contributed by atoms with Crippen LogP contribution in [0.25, 0.3) is 16.7 Å². The Morgan fingerprint density at radius 2 is 2.13 bits per heavy atom. The monoisotopic (exact) mass is 416 g/mol. The first-order chi connectivity index (χ1) is 14.7. The van der Waals surface area contributed by atoms with E-state index in [1.165, 1.54) is 9.58 Å². The van der Waals surface area contributed by atoms with Gasteiger partial charge in [0.2, 0.25) is 6.41 Å². The fraction of sp³-hybridized carbons (Fsp3) is 0.227. The fourth-order valence-corrected chi connectivity index (χ4v) is 2.90. The quantitative estimate of drug-likeness (QED) is 0.454. The second-order valence-corrected chi connectivity index (χ2v) is 7.24. The van der Waals surface area contributed by atoms with Gasteiger partial charge in [-0.3, -0.25) is 9.59 Å². The largest absolute Gasteiger partial charge is 0.378 e. The van der Waals surface area contributed by atoms with E-state index >= 15 is 0 Å². The number of benzene rings is 1. The first-order valence-corrected chi connectivity index (χ1v) is 9.34. The number of aromatic nitrogens is 3. The summed E-state index contributed by atoms with van der Waals surface area (Å²) in [5.41, 5.74) is 5.85. The Balaban J connectivity index is 2.04. The first kappa shape index (κ1) is 21.5. The second kappa shape index (κ2) is 8.66. The van der Waals surface area contributed by atoms with Crippen molar-refractivity contribution in [3.63, 3.8) is 0 Å². The molecular weight excluding hydrogens is 396 g/mol. The van der Waals surface area contributed by atoms with Crippen molar-refractivity contribution in [1.29, 1.82) is 5.26 Å². The smallest absolute Gasteiger partial charge is 0.269 e. The third-order valence-corrected chi connectivity index (χ3v) is 4.57. The SMILES string of the molecule is CN(C=O)CCC(C)(O)C#Cc1cc(C#N)cc(-n2nc(C(N)=O)c3cccnc32)c1. The van der Waals surface area contributed by atoms with E-state index in [0.29, 0.717) is 40.8 Å². The highest BCUT2D eigenvalue weighted by atomic mass is 16.3. The molecule has 0 saturated carbocycles. The van der Waals surface area contributed by atoms with E-state index in [-0.39, 0.29) is 12.1 Å². The molecule has 2 amide bonds. The number of pyridine rings is 1. The summed E-state index contributed by atoms with van der Waals surface area (Å²) < 4.78 is 1.43. The number of carbonyl (C=O) groups excluding carboxylic acids is 2. The molecule has 0 bridgehead atoms. The highest BCUT2D eigenvalue weighted by Gasteiger charge is 2.19. The maximum absolute atomic E-state index is 11.8. The van der Waals surface area contributed by atoms with Gasteiger partial charge in [0.25, 0.3) is 5.91 Å². The molecule has 156 valence electrons. The van der Waals surface area contributed by atoms with Gasteiger partial charge in [-0.2, -0.15) is 10.4 Å². The van der Waals surface area contributed by atoms with Crippen molar-refractivity contribution >= 4 is 23.4 Å². The summed E-state index contributed by atoms with van der Waals surface area (Å²) in [4.78, 5) is 28.2. The number of nitrogens with two attached hydrogens (primary N) is 1. The van der Waals surface area contributed by atoms with Gasteiger partial charge in [0.05, 0.1) is 22.7 Å². The Bertz CT molecular complexity index is 1260. The lowest BCUT2D eigenvalue weighted by Gasteiger charge is -2.19. The van der Waals surface area contributed by atoms with E-state index in [2.05, 4.69) is 28.0 Å². The number of nitrogens with zero attached hydrogens (tertiary/aromatic N) is 5. The van der Waals surface area contributed by atoms with Crippen LogP contribution < -0.4 is 5.73 Å². The van der Waals surface area contributed by atoms with Gasteiger partial charge in [-0.1, -0.05) is 11.8 Å². The lowest BCUT2D eigenvalue weighted by atomic mass is 10.0. The van der Waals surface area contributed by atoms with Crippen LogP contribution in [0, 0.1) is 23.2 Å². The fourth-order valence-electron chi connectivity index (χ4n) is 2.90. The van der Waals surface area contributed by atoms with Crippen LogP contribution in [-0.2, 0) is 4.79 Å². The molecular formula is C22H20N6O3. The minimum Gasteiger partial charge on any atom is -0.378 e. The molecule has 9 nitrogen and oxygen atoms in total. The average Bonchev–Trinajstić information content (AvgIpc) is 3.16. The van der Waals surface area contributed by atoms with Gasteiger partial charge in [-0.15, -0.1) is 0 Å². The zero-order valence-corrected chi connectivity index (χ0v) is 17.0. The summed E-state index contributed by atoms with van der Waals surface area (Å²) in [7, 11) is 1.61. The average molecular weight is 416 g/mol. The lowest BCUT2D eigenvalue weighted by molar-refractivity contribution is -0.117. The Kier molecular flexibility index (Phi) is 6.00. The predicted molar refractivity (Wildman–Crippen MR) is 113 cm³/mol. The molecule has 0 aliphatic carbocycles. The van der Waals surface area contributed by atoms with E-state index in [4.69, 9.17) is 5.73 Å². The summed E-state index contributed by atoms with van der Waals surface area (Å²) in [5.74, 6) is 4.97. The Morgan fingerprint density at radius 3 is 2.81 bits per heavy atom. The summed E-state index contributed by atoms with van der Waals surface area (Å²) in [6, 6.07) is 10.3. The standard InChI is InChI=1S/C22H20N6O3/c1-22(31,7-9-27(2)14-29)6-5-15-10-16(13-23)12-17(11-15)28-21-18(4-3-8-25-21)19(26-28)20(24)30/h3-4,8,10-12,14,31H,7,9H2,1-2H3,(H2,24,30). The molecule has 0 spiro atoms. The molecule has 31 heavy (non-hydrogen) atoms. The molecule has 1 unspecified atom stereocenters. The molecule has 0 aliphatic rings. The Morgan fingerprint density at radius 1 is 1.39 bits per heavy atom. The molecule has 0 radical (unpaired) electrons. The van der Waals surface area contributed by atoms with Crippen LogP contribution in [0.4, 0.5) is 0 Å². The van der Waals surface area contributed by atoms with Crippen molar-refractivity contribution in [3.05, 3.63) is 53.3 Å². The second-order valence-electron chi connectivity index (χ2n) is 7.24. The molecule has 1 aromatic carbocycles. The van der Waals surface area contributed by atoms with Crippen LogP contribution in [0.15, 0.2) is 36.5 Å². The van der Waals surface area contributed by atoms with E-state index in [1.54, 1.807) is 50.5 Å². The molecule has 2 aromatic heterocycles. The molecule has 9 heteroatoms. The van der Waals surface area contributed by atoms with E-state index in [0.717, 1.165) is 0 Å². The number of rotatable bonds is 6. The van der Waals surface area contributed by atoms with Crippen molar-refractivity contribution in [1.82, 2.24) is 19.7 Å². The van der Waals surface area contributed by atoms with E-state index in [1.807, 2.05) is 0 Å². The minimum absolute atomic E-state index is 0.0697. The van der Waals surface area contributed by atoms with Crippen LogP contribution in [0.5, 0.6) is 0 Å². The van der Waals surface area contributed by atoms with E-state index < -0.39 is 11.5 Å². The predicted octanol–water partition coefficient (Wildman–Crippen LogP) is 0.972. The van der Waals surface area contributed by atoms with Crippen molar-refractivity contribution in [2.24, 2.45) is 5.73 Å². The van der Waals surface area contributed by atoms with Gasteiger partial charge < -0.3 is 15.7 Å². The third kappa shape index (κ3) is 4.86. The molecule has 0 saturated heterocycles. The summed E-state index contributed by atoms with van der Waals surface area (Å²) >= 11 is 0. The van der Waals surface area contributed by atoms with E-state index in [9.17, 15) is 20.0 Å². The van der Waals surface area contributed by atoms with Crippen LogP contribution in [0.3, 0.4) is 0 Å². The molecule has 2 heterocycles. The number of hydrogen-bond donors (Lipinski definition) is 2. The normalized spacial score (nSPS) is 12.3. The number of fused-ring (bicyclic) bond motifs is 1. The molecule has 0 aliphatic heterocycles. The van der Waals surface area contributed by atoms with Gasteiger partial charge >= 0.3 is 0 Å². The molecule has 0 fully saturated rings. The molecule has 3 aromatic rings. The van der Waals surface area contributed by atoms with Crippen LogP contribution >= 0.6 is 0 Å². The highest BCUT2D eigenvalue weighted by Crippen LogP contribution is 2.22. The number of aliphatic hydroxyl groups is 1. The number of nitriles is 1. The third-order valence-electron chi connectivity index (χ3n) is 4.57. The topological polar surface area (TPSA) is 138 Å². The van der Waals surface area contributed by atoms with Crippen molar-refractivity contribution in [3.8, 4) is 23.6 Å². The van der Waals surface area contributed by atoms with Crippen molar-refractivity contribution in [2.45, 2.75) is 18.9 Å².